The Morgan fingerprint density at radius 2 is 1.60 bits per heavy atom. The van der Waals surface area contributed by atoms with E-state index in [1.165, 1.54) is 0 Å². The van der Waals surface area contributed by atoms with Crippen LogP contribution in [0.2, 0.25) is 0 Å². The van der Waals surface area contributed by atoms with Crippen molar-refractivity contribution in [3.63, 3.8) is 0 Å². The van der Waals surface area contributed by atoms with Gasteiger partial charge < -0.3 is 10.4 Å². The van der Waals surface area contributed by atoms with Gasteiger partial charge in [-0.3, -0.25) is 9.59 Å². The molecule has 0 saturated heterocycles. The molecule has 114 valence electrons. The molecule has 0 radical (unpaired) electrons. The summed E-state index contributed by atoms with van der Waals surface area (Å²) in [6, 6.07) is -0.165. The van der Waals surface area contributed by atoms with Gasteiger partial charge in [-0.2, -0.15) is 0 Å². The molecule has 0 aromatic heterocycles. The normalized spacial score (nSPS) is 35.0. The second-order valence-corrected chi connectivity index (χ2v) is 6.65. The van der Waals surface area contributed by atoms with Crippen LogP contribution < -0.4 is 5.32 Å². The number of carboxylic acid groups (broad SMARTS) is 1. The number of rotatable bonds is 3. The van der Waals surface area contributed by atoms with Crippen LogP contribution in [-0.2, 0) is 9.59 Å². The number of amides is 1. The van der Waals surface area contributed by atoms with E-state index in [4.69, 9.17) is 0 Å². The highest BCUT2D eigenvalue weighted by Crippen LogP contribution is 2.29. The molecular weight excluding hydrogens is 254 g/mol. The summed E-state index contributed by atoms with van der Waals surface area (Å²) in [5.74, 6) is -0.235. The second-order valence-electron chi connectivity index (χ2n) is 6.65. The average Bonchev–Trinajstić information content (AvgIpc) is 2.65. The van der Waals surface area contributed by atoms with Gasteiger partial charge >= 0.3 is 5.97 Å². The van der Waals surface area contributed by atoms with Gasteiger partial charge in [0.25, 0.3) is 0 Å². The maximum Gasteiger partial charge on any atom is 0.308 e. The van der Waals surface area contributed by atoms with Gasteiger partial charge in [0, 0.05) is 12.0 Å². The maximum absolute atomic E-state index is 12.3. The summed E-state index contributed by atoms with van der Waals surface area (Å²) in [5, 5.41) is 12.4. The molecular formula is C16H27NO3. The first-order valence-corrected chi connectivity index (χ1v) is 8.11. The zero-order valence-corrected chi connectivity index (χ0v) is 12.4. The van der Waals surface area contributed by atoms with Gasteiger partial charge in [0.1, 0.15) is 0 Å². The summed E-state index contributed by atoms with van der Waals surface area (Å²) in [5.41, 5.74) is 0. The third-order valence-corrected chi connectivity index (χ3v) is 5.05. The highest BCUT2D eigenvalue weighted by Gasteiger charge is 2.33. The molecule has 0 heterocycles. The molecule has 4 heteroatoms. The summed E-state index contributed by atoms with van der Waals surface area (Å²) < 4.78 is 0. The predicted octanol–water partition coefficient (Wildman–Crippen LogP) is 2.96. The van der Waals surface area contributed by atoms with Crippen LogP contribution in [0, 0.1) is 17.8 Å². The van der Waals surface area contributed by atoms with E-state index < -0.39 is 11.9 Å². The quantitative estimate of drug-likeness (QED) is 0.782. The molecule has 2 saturated carbocycles. The molecule has 20 heavy (non-hydrogen) atoms. The fraction of sp³-hybridized carbons (Fsp3) is 0.875. The molecule has 2 unspecified atom stereocenters. The van der Waals surface area contributed by atoms with E-state index in [0.717, 1.165) is 57.3 Å². The largest absolute Gasteiger partial charge is 0.481 e. The van der Waals surface area contributed by atoms with Crippen LogP contribution in [-0.4, -0.2) is 23.0 Å². The van der Waals surface area contributed by atoms with Crippen molar-refractivity contribution >= 4 is 11.9 Å². The molecule has 0 bridgehead atoms. The molecule has 2 aliphatic carbocycles. The number of hydrogen-bond donors (Lipinski definition) is 2. The van der Waals surface area contributed by atoms with E-state index in [1.807, 2.05) is 0 Å². The lowest BCUT2D eigenvalue weighted by Crippen LogP contribution is -2.45. The number of carbonyl (C=O) groups excluding carboxylic acids is 1. The van der Waals surface area contributed by atoms with Crippen LogP contribution in [0.5, 0.6) is 0 Å². The number of nitrogens with one attached hydrogen (secondary N) is 1. The van der Waals surface area contributed by atoms with Crippen molar-refractivity contribution < 1.29 is 14.7 Å². The third kappa shape index (κ3) is 3.97. The highest BCUT2D eigenvalue weighted by atomic mass is 16.4. The molecule has 1 amide bonds. The molecule has 2 fully saturated rings. The Kier molecular flexibility index (Phi) is 5.44. The standard InChI is InChI=1S/C16H27NO3/c1-11-7-9-12(10-8-11)15(18)17-14-6-4-2-3-5-13(14)16(19)20/h11-14H,2-10H2,1H3,(H,17,18)(H,19,20). The Morgan fingerprint density at radius 3 is 2.25 bits per heavy atom. The first-order valence-electron chi connectivity index (χ1n) is 8.11. The first-order chi connectivity index (χ1) is 9.58. The van der Waals surface area contributed by atoms with Crippen molar-refractivity contribution in [1.82, 2.24) is 5.32 Å². The summed E-state index contributed by atoms with van der Waals surface area (Å²) in [7, 11) is 0. The van der Waals surface area contributed by atoms with Crippen molar-refractivity contribution in [2.24, 2.45) is 17.8 Å². The predicted molar refractivity (Wildman–Crippen MR) is 77.3 cm³/mol. The van der Waals surface area contributed by atoms with Crippen LogP contribution in [0.3, 0.4) is 0 Å². The summed E-state index contributed by atoms with van der Waals surface area (Å²) in [4.78, 5) is 23.7. The highest BCUT2D eigenvalue weighted by molar-refractivity contribution is 5.80. The Balaban J connectivity index is 1.92. The fourth-order valence-electron chi connectivity index (χ4n) is 3.60. The van der Waals surface area contributed by atoms with Gasteiger partial charge in [0.05, 0.1) is 5.92 Å². The SMILES string of the molecule is CC1CCC(C(=O)NC2CCCCCC2C(=O)O)CC1. The van der Waals surface area contributed by atoms with E-state index in [0.29, 0.717) is 6.42 Å². The monoisotopic (exact) mass is 281 g/mol. The van der Waals surface area contributed by atoms with Gasteiger partial charge in [-0.15, -0.1) is 0 Å². The van der Waals surface area contributed by atoms with Crippen molar-refractivity contribution in [2.45, 2.75) is 70.8 Å². The lowest BCUT2D eigenvalue weighted by Gasteiger charge is -2.29. The zero-order chi connectivity index (χ0) is 14.5. The van der Waals surface area contributed by atoms with E-state index in [2.05, 4.69) is 12.2 Å². The lowest BCUT2D eigenvalue weighted by molar-refractivity contribution is -0.143. The molecule has 0 aromatic carbocycles. The van der Waals surface area contributed by atoms with E-state index in [-0.39, 0.29) is 17.9 Å². The molecule has 4 nitrogen and oxygen atoms in total. The topological polar surface area (TPSA) is 66.4 Å². The van der Waals surface area contributed by atoms with E-state index >= 15 is 0 Å². The molecule has 2 rings (SSSR count). The minimum atomic E-state index is -0.755. The number of carboxylic acids is 1. The van der Waals surface area contributed by atoms with Crippen molar-refractivity contribution in [1.29, 1.82) is 0 Å². The van der Waals surface area contributed by atoms with Gasteiger partial charge in [0.2, 0.25) is 5.91 Å². The fourth-order valence-corrected chi connectivity index (χ4v) is 3.60. The van der Waals surface area contributed by atoms with E-state index in [9.17, 15) is 14.7 Å². The third-order valence-electron chi connectivity index (χ3n) is 5.05. The Labute approximate surface area is 121 Å². The van der Waals surface area contributed by atoms with Gasteiger partial charge in [-0.25, -0.2) is 0 Å². The van der Waals surface area contributed by atoms with Gasteiger partial charge in [-0.1, -0.05) is 26.2 Å². The van der Waals surface area contributed by atoms with Crippen LogP contribution in [0.25, 0.3) is 0 Å². The van der Waals surface area contributed by atoms with Crippen LogP contribution in [0.1, 0.15) is 64.7 Å². The molecule has 0 aliphatic heterocycles. The van der Waals surface area contributed by atoms with Crippen LogP contribution in [0.4, 0.5) is 0 Å². The molecule has 0 spiro atoms. The van der Waals surface area contributed by atoms with Crippen LogP contribution in [0.15, 0.2) is 0 Å². The summed E-state index contributed by atoms with van der Waals surface area (Å²) in [6.45, 7) is 2.24. The Bertz CT molecular complexity index is 348. The van der Waals surface area contributed by atoms with E-state index in [1.54, 1.807) is 0 Å². The lowest BCUT2D eigenvalue weighted by atomic mass is 9.82. The summed E-state index contributed by atoms with van der Waals surface area (Å²) >= 11 is 0. The van der Waals surface area contributed by atoms with Crippen molar-refractivity contribution in [3.05, 3.63) is 0 Å². The average molecular weight is 281 g/mol. The molecule has 2 aliphatic rings. The Hall–Kier alpha value is -1.06. The minimum Gasteiger partial charge on any atom is -0.481 e. The maximum atomic E-state index is 12.3. The minimum absolute atomic E-state index is 0.0926. The van der Waals surface area contributed by atoms with Crippen molar-refractivity contribution in [2.75, 3.05) is 0 Å². The molecule has 0 aromatic rings. The van der Waals surface area contributed by atoms with Gasteiger partial charge in [0.15, 0.2) is 0 Å². The molecule has 2 N–H and O–H groups in total. The van der Waals surface area contributed by atoms with Crippen LogP contribution >= 0.6 is 0 Å². The van der Waals surface area contributed by atoms with Crippen molar-refractivity contribution in [3.8, 4) is 0 Å². The smallest absolute Gasteiger partial charge is 0.308 e. The Morgan fingerprint density at radius 1 is 0.950 bits per heavy atom. The number of aliphatic carboxylic acids is 1. The second kappa shape index (κ2) is 7.09. The first kappa shape index (κ1) is 15.3. The zero-order valence-electron chi connectivity index (χ0n) is 12.4. The van der Waals surface area contributed by atoms with Gasteiger partial charge in [-0.05, 0) is 44.4 Å². The number of carbonyl (C=O) groups is 2. The summed E-state index contributed by atoms with van der Waals surface area (Å²) in [6.07, 6.45) is 8.72. The number of hydrogen-bond acceptors (Lipinski definition) is 2. The molecule has 2 atom stereocenters.